The van der Waals surface area contributed by atoms with E-state index < -0.39 is 5.97 Å². The lowest BCUT2D eigenvalue weighted by molar-refractivity contribution is -0.137. The Bertz CT molecular complexity index is 694. The highest BCUT2D eigenvalue weighted by atomic mass is 79.9. The normalized spacial score (nSPS) is 10.7. The maximum atomic E-state index is 11.7. The number of nitrogens with zero attached hydrogens (tertiary/aromatic N) is 2. The average molecular weight is 350 g/mol. The number of hydrogen-bond acceptors (Lipinski definition) is 3. The van der Waals surface area contributed by atoms with Gasteiger partial charge in [-0.3, -0.25) is 14.3 Å². The van der Waals surface area contributed by atoms with Gasteiger partial charge in [-0.15, -0.1) is 0 Å². The number of aliphatic carboxylic acids is 1. The quantitative estimate of drug-likeness (QED) is 0.811. The highest BCUT2D eigenvalue weighted by molar-refractivity contribution is 9.10. The first kappa shape index (κ1) is 15.0. The molecule has 0 saturated heterocycles. The van der Waals surface area contributed by atoms with Gasteiger partial charge >= 0.3 is 5.97 Å². The van der Waals surface area contributed by atoms with Crippen molar-refractivity contribution in [2.75, 3.05) is 5.32 Å². The molecule has 0 aliphatic heterocycles. The minimum absolute atomic E-state index is 0.246. The summed E-state index contributed by atoms with van der Waals surface area (Å²) >= 11 is 3.35. The minimum atomic E-state index is -0.995. The highest BCUT2D eigenvalue weighted by Gasteiger charge is 2.04. The zero-order valence-electron chi connectivity index (χ0n) is 10.9. The van der Waals surface area contributed by atoms with Gasteiger partial charge in [-0.25, -0.2) is 0 Å². The number of nitrogens with one attached hydrogen (secondary N) is 1. The van der Waals surface area contributed by atoms with Crippen molar-refractivity contribution in [3.05, 3.63) is 52.8 Å². The van der Waals surface area contributed by atoms with Crippen molar-refractivity contribution in [1.29, 1.82) is 0 Å². The molecule has 2 N–H and O–H groups in total. The molecule has 1 aromatic heterocycles. The Kier molecular flexibility index (Phi) is 4.89. The fraction of sp³-hybridized carbons (Fsp3) is 0.0714. The third kappa shape index (κ3) is 4.88. The number of aromatic nitrogens is 2. The summed E-state index contributed by atoms with van der Waals surface area (Å²) in [6, 6.07) is 7.53. The maximum absolute atomic E-state index is 11.7. The van der Waals surface area contributed by atoms with Gasteiger partial charge in [0.1, 0.15) is 6.54 Å². The van der Waals surface area contributed by atoms with Crippen LogP contribution in [0.1, 0.15) is 5.56 Å². The lowest BCUT2D eigenvalue weighted by atomic mass is 10.2. The van der Waals surface area contributed by atoms with Crippen molar-refractivity contribution in [2.24, 2.45) is 0 Å². The number of carbonyl (C=O) groups excluding carboxylic acids is 1. The van der Waals surface area contributed by atoms with Crippen molar-refractivity contribution in [3.8, 4) is 0 Å². The van der Waals surface area contributed by atoms with Crippen LogP contribution in [0.5, 0.6) is 0 Å². The van der Waals surface area contributed by atoms with Crippen LogP contribution in [0.3, 0.4) is 0 Å². The predicted octanol–water partition coefficient (Wildman–Crippen LogP) is 2.38. The van der Waals surface area contributed by atoms with Crippen LogP contribution in [0.2, 0.25) is 0 Å². The molecule has 1 amide bonds. The first-order chi connectivity index (χ1) is 10.0. The Morgan fingerprint density at radius 2 is 2.24 bits per heavy atom. The molecule has 0 aliphatic rings. The fourth-order valence-electron chi connectivity index (χ4n) is 1.62. The number of carbonyl (C=O) groups is 2. The second kappa shape index (κ2) is 6.85. The monoisotopic (exact) mass is 349 g/mol. The molecular formula is C14H12BrN3O3. The Balaban J connectivity index is 1.95. The van der Waals surface area contributed by atoms with Crippen molar-refractivity contribution >= 4 is 39.6 Å². The van der Waals surface area contributed by atoms with Gasteiger partial charge in [0.15, 0.2) is 0 Å². The summed E-state index contributed by atoms with van der Waals surface area (Å²) in [4.78, 5) is 22.3. The summed E-state index contributed by atoms with van der Waals surface area (Å²) in [7, 11) is 0. The van der Waals surface area contributed by atoms with E-state index in [9.17, 15) is 9.59 Å². The Hall–Kier alpha value is -2.41. The van der Waals surface area contributed by atoms with Crippen LogP contribution in [0.25, 0.3) is 6.08 Å². The Morgan fingerprint density at radius 3 is 2.95 bits per heavy atom. The van der Waals surface area contributed by atoms with E-state index in [1.54, 1.807) is 6.08 Å². The average Bonchev–Trinajstić information content (AvgIpc) is 2.83. The number of halogens is 1. The first-order valence-corrected chi connectivity index (χ1v) is 6.81. The number of benzene rings is 1. The molecule has 0 radical (unpaired) electrons. The van der Waals surface area contributed by atoms with E-state index in [4.69, 9.17) is 5.11 Å². The number of amides is 1. The smallest absolute Gasteiger partial charge is 0.325 e. The lowest BCUT2D eigenvalue weighted by Crippen LogP contribution is -2.09. The third-order valence-electron chi connectivity index (χ3n) is 2.47. The van der Waals surface area contributed by atoms with Gasteiger partial charge in [-0.2, -0.15) is 5.10 Å². The predicted molar refractivity (Wildman–Crippen MR) is 81.7 cm³/mol. The number of carboxylic acid groups (broad SMARTS) is 1. The van der Waals surface area contributed by atoms with Crippen molar-refractivity contribution in [2.45, 2.75) is 6.54 Å². The summed E-state index contributed by atoms with van der Waals surface area (Å²) < 4.78 is 2.16. The molecule has 0 spiro atoms. The Morgan fingerprint density at radius 1 is 1.43 bits per heavy atom. The topological polar surface area (TPSA) is 84.2 Å². The third-order valence-corrected chi connectivity index (χ3v) is 2.97. The molecule has 0 fully saturated rings. The summed E-state index contributed by atoms with van der Waals surface area (Å²) in [5.41, 5.74) is 1.33. The second-order valence-corrected chi connectivity index (χ2v) is 5.11. The number of hydrogen-bond donors (Lipinski definition) is 2. The van der Waals surface area contributed by atoms with E-state index in [0.717, 1.165) is 10.0 Å². The van der Waals surface area contributed by atoms with Gasteiger partial charge in [0, 0.05) is 16.7 Å². The van der Waals surface area contributed by atoms with Crippen LogP contribution in [0.15, 0.2) is 47.2 Å². The zero-order chi connectivity index (χ0) is 15.2. The molecule has 108 valence electrons. The molecule has 0 atom stereocenters. The van der Waals surface area contributed by atoms with Gasteiger partial charge in [-0.05, 0) is 23.8 Å². The molecule has 1 heterocycles. The van der Waals surface area contributed by atoms with Gasteiger partial charge < -0.3 is 10.4 Å². The molecule has 2 aromatic rings. The van der Waals surface area contributed by atoms with Gasteiger partial charge in [0.2, 0.25) is 5.91 Å². The second-order valence-electron chi connectivity index (χ2n) is 4.20. The molecule has 0 aliphatic carbocycles. The van der Waals surface area contributed by atoms with Crippen LogP contribution >= 0.6 is 15.9 Å². The van der Waals surface area contributed by atoms with Crippen LogP contribution < -0.4 is 5.32 Å². The zero-order valence-corrected chi connectivity index (χ0v) is 12.4. The van der Waals surface area contributed by atoms with E-state index in [1.165, 1.54) is 23.2 Å². The molecule has 0 saturated carbocycles. The summed E-state index contributed by atoms with van der Waals surface area (Å²) in [5, 5.41) is 15.1. The molecular weight excluding hydrogens is 338 g/mol. The number of carboxylic acids is 1. The van der Waals surface area contributed by atoms with Gasteiger partial charge in [-0.1, -0.05) is 28.1 Å². The van der Waals surface area contributed by atoms with E-state index >= 15 is 0 Å². The van der Waals surface area contributed by atoms with Crippen molar-refractivity contribution in [3.63, 3.8) is 0 Å². The minimum Gasteiger partial charge on any atom is -0.480 e. The van der Waals surface area contributed by atoms with Gasteiger partial charge in [0.25, 0.3) is 0 Å². The van der Waals surface area contributed by atoms with Gasteiger partial charge in [0.05, 0.1) is 11.9 Å². The van der Waals surface area contributed by atoms with E-state index in [-0.39, 0.29) is 12.5 Å². The largest absolute Gasteiger partial charge is 0.480 e. The highest BCUT2D eigenvalue weighted by Crippen LogP contribution is 2.13. The van der Waals surface area contributed by atoms with Crippen LogP contribution in [-0.2, 0) is 16.1 Å². The molecule has 1 aromatic carbocycles. The maximum Gasteiger partial charge on any atom is 0.325 e. The lowest BCUT2D eigenvalue weighted by Gasteiger charge is -1.98. The number of anilines is 1. The molecule has 6 nitrogen and oxygen atoms in total. The molecule has 0 unspecified atom stereocenters. The molecule has 21 heavy (non-hydrogen) atoms. The molecule has 7 heteroatoms. The summed E-state index contributed by atoms with van der Waals surface area (Å²) in [5.74, 6) is -1.31. The van der Waals surface area contributed by atoms with Crippen molar-refractivity contribution in [1.82, 2.24) is 9.78 Å². The standard InChI is InChI=1S/C14H12BrN3O3/c15-11-3-1-2-10(6-11)4-5-13(19)17-12-7-16-18(8-12)9-14(20)21/h1-8H,9H2,(H,17,19)(H,20,21)/b5-4+. The first-order valence-electron chi connectivity index (χ1n) is 6.02. The summed E-state index contributed by atoms with van der Waals surface area (Å²) in [6.07, 6.45) is 5.94. The number of rotatable bonds is 5. The summed E-state index contributed by atoms with van der Waals surface area (Å²) in [6.45, 7) is -0.246. The van der Waals surface area contributed by atoms with Crippen LogP contribution in [0, 0.1) is 0 Å². The van der Waals surface area contributed by atoms with Crippen LogP contribution in [-0.4, -0.2) is 26.8 Å². The SMILES string of the molecule is O=C(O)Cn1cc(NC(=O)/C=C/c2cccc(Br)c2)cn1. The van der Waals surface area contributed by atoms with Crippen LogP contribution in [0.4, 0.5) is 5.69 Å². The molecule has 2 rings (SSSR count). The van der Waals surface area contributed by atoms with Crippen molar-refractivity contribution < 1.29 is 14.7 Å². The van der Waals surface area contributed by atoms with E-state index in [2.05, 4.69) is 26.3 Å². The fourth-order valence-corrected chi connectivity index (χ4v) is 2.04. The van der Waals surface area contributed by atoms with E-state index in [0.29, 0.717) is 5.69 Å². The van der Waals surface area contributed by atoms with E-state index in [1.807, 2.05) is 24.3 Å². The molecule has 0 bridgehead atoms. The Labute approximate surface area is 129 Å².